The second kappa shape index (κ2) is 7.12. The van der Waals surface area contributed by atoms with Crippen molar-refractivity contribution in [3.63, 3.8) is 0 Å². The van der Waals surface area contributed by atoms with Gasteiger partial charge in [-0.15, -0.1) is 0 Å². The largest absolute Gasteiger partial charge is 0.380 e. The SMILES string of the molecule is Cc1nonc1CC(=O)N1CCC(O)(c2nc(-c3ccc(F)cc3)no2)CC1. The lowest BCUT2D eigenvalue weighted by atomic mass is 9.91. The van der Waals surface area contributed by atoms with Crippen LogP contribution in [0, 0.1) is 12.7 Å². The Hall–Kier alpha value is -3.14. The summed E-state index contributed by atoms with van der Waals surface area (Å²) < 4.78 is 22.9. The maximum absolute atomic E-state index is 13.1. The van der Waals surface area contributed by atoms with Crippen LogP contribution in [0.3, 0.4) is 0 Å². The Bertz CT molecular complexity index is 976. The quantitative estimate of drug-likeness (QED) is 0.717. The van der Waals surface area contributed by atoms with Gasteiger partial charge in [0.2, 0.25) is 11.7 Å². The van der Waals surface area contributed by atoms with Crippen molar-refractivity contribution < 1.29 is 23.4 Å². The summed E-state index contributed by atoms with van der Waals surface area (Å²) in [6.07, 6.45) is 0.628. The molecule has 9 nitrogen and oxygen atoms in total. The van der Waals surface area contributed by atoms with Crippen molar-refractivity contribution in [2.24, 2.45) is 0 Å². The van der Waals surface area contributed by atoms with E-state index in [-0.39, 0.29) is 42.7 Å². The number of piperidine rings is 1. The molecule has 1 N–H and O–H groups in total. The maximum Gasteiger partial charge on any atom is 0.259 e. The van der Waals surface area contributed by atoms with Crippen molar-refractivity contribution in [3.8, 4) is 11.4 Å². The number of aryl methyl sites for hydroxylation is 1. The lowest BCUT2D eigenvalue weighted by molar-refractivity contribution is -0.136. The zero-order valence-corrected chi connectivity index (χ0v) is 15.1. The molecule has 0 bridgehead atoms. The highest BCUT2D eigenvalue weighted by molar-refractivity contribution is 5.78. The topological polar surface area (TPSA) is 118 Å². The smallest absolute Gasteiger partial charge is 0.259 e. The van der Waals surface area contributed by atoms with E-state index in [2.05, 4.69) is 25.1 Å². The van der Waals surface area contributed by atoms with E-state index in [1.165, 1.54) is 24.3 Å². The number of carbonyl (C=O) groups is 1. The fourth-order valence-corrected chi connectivity index (χ4v) is 3.13. The van der Waals surface area contributed by atoms with E-state index in [1.54, 1.807) is 11.8 Å². The highest BCUT2D eigenvalue weighted by atomic mass is 19.1. The lowest BCUT2D eigenvalue weighted by Gasteiger charge is -2.35. The Morgan fingerprint density at radius 2 is 1.93 bits per heavy atom. The Balaban J connectivity index is 1.41. The predicted molar refractivity (Wildman–Crippen MR) is 92.1 cm³/mol. The van der Waals surface area contributed by atoms with Gasteiger partial charge >= 0.3 is 0 Å². The van der Waals surface area contributed by atoms with Crippen LogP contribution in [-0.2, 0) is 16.8 Å². The number of nitrogens with zero attached hydrogens (tertiary/aromatic N) is 5. The first-order valence-electron chi connectivity index (χ1n) is 8.83. The summed E-state index contributed by atoms with van der Waals surface area (Å²) in [4.78, 5) is 18.4. The first kappa shape index (κ1) is 18.2. The third-order valence-corrected chi connectivity index (χ3v) is 4.93. The van der Waals surface area contributed by atoms with Gasteiger partial charge in [0, 0.05) is 31.5 Å². The summed E-state index contributed by atoms with van der Waals surface area (Å²) in [5.74, 6) is -0.107. The highest BCUT2D eigenvalue weighted by Gasteiger charge is 2.40. The number of aliphatic hydroxyl groups is 1. The first-order valence-corrected chi connectivity index (χ1v) is 8.83. The molecule has 10 heteroatoms. The standard InChI is InChI=1S/C18H18FN5O4/c1-11-14(22-28-21-11)10-15(25)24-8-6-18(26,7-9-24)17-20-16(23-27-17)12-2-4-13(19)5-3-12/h2-5,26H,6-10H2,1H3. The minimum Gasteiger partial charge on any atom is -0.380 e. The van der Waals surface area contributed by atoms with E-state index in [0.29, 0.717) is 30.0 Å². The monoisotopic (exact) mass is 387 g/mol. The third kappa shape index (κ3) is 3.50. The van der Waals surface area contributed by atoms with E-state index >= 15 is 0 Å². The normalized spacial score (nSPS) is 16.3. The summed E-state index contributed by atoms with van der Waals surface area (Å²) in [5.41, 5.74) is 0.366. The van der Waals surface area contributed by atoms with Crippen LogP contribution in [0.2, 0.25) is 0 Å². The molecular weight excluding hydrogens is 369 g/mol. The van der Waals surface area contributed by atoms with Crippen LogP contribution in [0.4, 0.5) is 4.39 Å². The van der Waals surface area contributed by atoms with Crippen molar-refractivity contribution in [3.05, 3.63) is 47.4 Å². The molecule has 1 aliphatic rings. The molecule has 2 aromatic heterocycles. The predicted octanol–water partition coefficient (Wildman–Crippen LogP) is 1.62. The van der Waals surface area contributed by atoms with Crippen LogP contribution in [0.15, 0.2) is 33.4 Å². The number of carbonyl (C=O) groups excluding carboxylic acids is 1. The van der Waals surface area contributed by atoms with Crippen molar-refractivity contribution in [1.82, 2.24) is 25.4 Å². The van der Waals surface area contributed by atoms with Gasteiger partial charge in [0.05, 0.1) is 6.42 Å². The van der Waals surface area contributed by atoms with Crippen LogP contribution < -0.4 is 0 Å². The minimum atomic E-state index is -1.31. The third-order valence-electron chi connectivity index (χ3n) is 4.93. The molecular formula is C18H18FN5O4. The molecule has 4 rings (SSSR count). The van der Waals surface area contributed by atoms with Crippen molar-refractivity contribution in [2.75, 3.05) is 13.1 Å². The van der Waals surface area contributed by atoms with Gasteiger partial charge < -0.3 is 14.5 Å². The number of aromatic nitrogens is 4. The van der Waals surface area contributed by atoms with E-state index in [1.807, 2.05) is 0 Å². The molecule has 0 atom stereocenters. The molecule has 0 saturated carbocycles. The molecule has 146 valence electrons. The molecule has 0 radical (unpaired) electrons. The first-order chi connectivity index (χ1) is 13.4. The van der Waals surface area contributed by atoms with Gasteiger partial charge in [0.15, 0.2) is 0 Å². The van der Waals surface area contributed by atoms with Crippen LogP contribution in [0.25, 0.3) is 11.4 Å². The molecule has 1 aromatic carbocycles. The number of hydrogen-bond donors (Lipinski definition) is 1. The Labute approximate surface area is 159 Å². The number of benzene rings is 1. The molecule has 1 saturated heterocycles. The molecule has 28 heavy (non-hydrogen) atoms. The van der Waals surface area contributed by atoms with Gasteiger partial charge in [-0.05, 0) is 31.2 Å². The number of halogens is 1. The number of rotatable bonds is 4. The second-order valence-corrected chi connectivity index (χ2v) is 6.82. The molecule has 0 aliphatic carbocycles. The fourth-order valence-electron chi connectivity index (χ4n) is 3.13. The van der Waals surface area contributed by atoms with Crippen LogP contribution >= 0.6 is 0 Å². The van der Waals surface area contributed by atoms with Crippen molar-refractivity contribution in [2.45, 2.75) is 31.8 Å². The van der Waals surface area contributed by atoms with Crippen molar-refractivity contribution >= 4 is 5.91 Å². The van der Waals surface area contributed by atoms with Gasteiger partial charge in [-0.25, -0.2) is 9.02 Å². The zero-order chi connectivity index (χ0) is 19.7. The highest BCUT2D eigenvalue weighted by Crippen LogP contribution is 2.33. The molecule has 0 unspecified atom stereocenters. The molecule has 3 heterocycles. The maximum atomic E-state index is 13.1. The van der Waals surface area contributed by atoms with Gasteiger partial charge in [-0.2, -0.15) is 4.98 Å². The van der Waals surface area contributed by atoms with E-state index in [4.69, 9.17) is 4.52 Å². The van der Waals surface area contributed by atoms with Crippen molar-refractivity contribution in [1.29, 1.82) is 0 Å². The van der Waals surface area contributed by atoms with Gasteiger partial charge in [-0.3, -0.25) is 4.79 Å². The van der Waals surface area contributed by atoms with E-state index < -0.39 is 5.60 Å². The molecule has 3 aromatic rings. The molecule has 1 fully saturated rings. The molecule has 0 spiro atoms. The second-order valence-electron chi connectivity index (χ2n) is 6.82. The summed E-state index contributed by atoms with van der Waals surface area (Å²) in [7, 11) is 0. The van der Waals surface area contributed by atoms with Crippen LogP contribution in [0.5, 0.6) is 0 Å². The number of hydrogen-bond acceptors (Lipinski definition) is 8. The Morgan fingerprint density at radius 1 is 1.21 bits per heavy atom. The van der Waals surface area contributed by atoms with E-state index in [9.17, 15) is 14.3 Å². The van der Waals surface area contributed by atoms with E-state index in [0.717, 1.165) is 0 Å². The van der Waals surface area contributed by atoms with Crippen LogP contribution in [0.1, 0.15) is 30.1 Å². The lowest BCUT2D eigenvalue weighted by Crippen LogP contribution is -2.45. The van der Waals surface area contributed by atoms with Gasteiger partial charge in [0.25, 0.3) is 5.89 Å². The number of amides is 1. The number of likely N-dealkylation sites (tertiary alicyclic amines) is 1. The van der Waals surface area contributed by atoms with Crippen LogP contribution in [-0.4, -0.2) is 49.5 Å². The Kier molecular flexibility index (Phi) is 4.63. The minimum absolute atomic E-state index is 0.0930. The fraction of sp³-hybridized carbons (Fsp3) is 0.389. The van der Waals surface area contributed by atoms with Gasteiger partial charge in [-0.1, -0.05) is 15.5 Å². The Morgan fingerprint density at radius 3 is 2.57 bits per heavy atom. The molecule has 1 aliphatic heterocycles. The zero-order valence-electron chi connectivity index (χ0n) is 15.1. The molecule has 1 amide bonds. The summed E-state index contributed by atoms with van der Waals surface area (Å²) in [6.45, 7) is 2.41. The summed E-state index contributed by atoms with van der Waals surface area (Å²) >= 11 is 0. The average Bonchev–Trinajstić information content (AvgIpc) is 3.33. The average molecular weight is 387 g/mol. The van der Waals surface area contributed by atoms with Gasteiger partial charge in [0.1, 0.15) is 22.8 Å². The summed E-state index contributed by atoms with van der Waals surface area (Å²) in [6, 6.07) is 5.68. The summed E-state index contributed by atoms with van der Waals surface area (Å²) in [5, 5.41) is 22.2.